The number of fused-ring (bicyclic) bond motifs is 5. The van der Waals surface area contributed by atoms with Gasteiger partial charge in [0.25, 0.3) is 11.8 Å². The lowest BCUT2D eigenvalue weighted by Gasteiger charge is -2.34. The van der Waals surface area contributed by atoms with E-state index in [0.29, 0.717) is 5.06 Å². The molecule has 3 rings (SSSR count). The standard InChI is InChI=1S/C10H5Cl6NO3/c1-20-17-6(18)2-3(7(17)19)9(14)5(12)4(11)8(2,13)10(9,15)16/h2-3H,1H3. The normalized spacial score (nSPS) is 45.6. The maximum absolute atomic E-state index is 12.3. The first-order chi connectivity index (χ1) is 9.08. The average Bonchev–Trinajstić information content (AvgIpc) is 2.75. The number of halogens is 6. The van der Waals surface area contributed by atoms with Gasteiger partial charge in [0.05, 0.1) is 29.0 Å². The molecule has 1 heterocycles. The molecule has 1 aliphatic heterocycles. The van der Waals surface area contributed by atoms with Gasteiger partial charge in [-0.15, -0.1) is 23.2 Å². The second-order valence-electron chi connectivity index (χ2n) is 4.73. The van der Waals surface area contributed by atoms with Crippen molar-refractivity contribution in [1.82, 2.24) is 5.06 Å². The molecule has 2 aliphatic carbocycles. The SMILES string of the molecule is CON1C(=O)C2C(C1=O)C1(Cl)C(Cl)=C(Cl)C2(Cl)C1(Cl)Cl. The lowest BCUT2D eigenvalue weighted by molar-refractivity contribution is -0.182. The van der Waals surface area contributed by atoms with Gasteiger partial charge in [0, 0.05) is 0 Å². The highest BCUT2D eigenvalue weighted by Crippen LogP contribution is 2.77. The molecule has 0 spiro atoms. The molecule has 1 saturated heterocycles. The number of carbonyl (C=O) groups excluding carboxylic acids is 2. The van der Waals surface area contributed by atoms with E-state index in [2.05, 4.69) is 0 Å². The molecular weight excluding hydrogens is 395 g/mol. The Hall–Kier alpha value is 0.580. The average molecular weight is 400 g/mol. The van der Waals surface area contributed by atoms with Crippen molar-refractivity contribution in [2.24, 2.45) is 11.8 Å². The number of amides is 2. The third-order valence-electron chi connectivity index (χ3n) is 4.05. The third kappa shape index (κ3) is 1.22. The van der Waals surface area contributed by atoms with Crippen LogP contribution in [0.1, 0.15) is 0 Å². The van der Waals surface area contributed by atoms with Crippen LogP contribution in [0.25, 0.3) is 0 Å². The Kier molecular flexibility index (Phi) is 3.18. The molecule has 1 saturated carbocycles. The molecule has 4 atom stereocenters. The topological polar surface area (TPSA) is 46.6 Å². The number of hydrogen-bond donors (Lipinski definition) is 0. The molecule has 0 aromatic heterocycles. The van der Waals surface area contributed by atoms with Crippen molar-refractivity contribution in [2.75, 3.05) is 7.11 Å². The Morgan fingerprint density at radius 2 is 1.30 bits per heavy atom. The van der Waals surface area contributed by atoms with E-state index in [-0.39, 0.29) is 10.1 Å². The third-order valence-corrected chi connectivity index (χ3v) is 8.31. The summed E-state index contributed by atoms with van der Waals surface area (Å²) in [6.45, 7) is 0. The molecule has 3 aliphatic rings. The summed E-state index contributed by atoms with van der Waals surface area (Å²) in [6.07, 6.45) is 0. The van der Waals surface area contributed by atoms with E-state index in [1.54, 1.807) is 0 Å². The van der Waals surface area contributed by atoms with Gasteiger partial charge < -0.3 is 0 Å². The van der Waals surface area contributed by atoms with Gasteiger partial charge in [0.2, 0.25) is 0 Å². The van der Waals surface area contributed by atoms with Gasteiger partial charge in [0.1, 0.15) is 9.75 Å². The maximum Gasteiger partial charge on any atom is 0.259 e. The lowest BCUT2D eigenvalue weighted by Crippen LogP contribution is -2.49. The predicted molar refractivity (Wildman–Crippen MR) is 76.2 cm³/mol. The van der Waals surface area contributed by atoms with Crippen LogP contribution in [-0.4, -0.2) is 38.1 Å². The van der Waals surface area contributed by atoms with Crippen LogP contribution >= 0.6 is 69.6 Å². The minimum Gasteiger partial charge on any atom is -0.272 e. The largest absolute Gasteiger partial charge is 0.272 e. The number of allylic oxidation sites excluding steroid dienone is 2. The van der Waals surface area contributed by atoms with Crippen molar-refractivity contribution in [2.45, 2.75) is 14.1 Å². The molecule has 2 amide bonds. The van der Waals surface area contributed by atoms with Gasteiger partial charge in [-0.3, -0.25) is 14.4 Å². The van der Waals surface area contributed by atoms with Gasteiger partial charge in [-0.25, -0.2) is 0 Å². The van der Waals surface area contributed by atoms with Crippen LogP contribution in [0.3, 0.4) is 0 Å². The van der Waals surface area contributed by atoms with E-state index in [0.717, 1.165) is 0 Å². The van der Waals surface area contributed by atoms with Crippen molar-refractivity contribution in [3.8, 4) is 0 Å². The molecular formula is C10H5Cl6NO3. The fourth-order valence-corrected chi connectivity index (χ4v) is 6.08. The number of carbonyl (C=O) groups is 2. The van der Waals surface area contributed by atoms with Crippen LogP contribution in [0.15, 0.2) is 10.1 Å². The Balaban J connectivity index is 2.31. The maximum atomic E-state index is 12.3. The molecule has 0 aromatic rings. The summed E-state index contributed by atoms with van der Waals surface area (Å²) in [5.74, 6) is -3.68. The summed E-state index contributed by atoms with van der Waals surface area (Å²) in [5.41, 5.74) is 0. The van der Waals surface area contributed by atoms with Crippen LogP contribution in [-0.2, 0) is 14.4 Å². The highest BCUT2D eigenvalue weighted by atomic mass is 35.5. The van der Waals surface area contributed by atoms with Crippen LogP contribution in [0.5, 0.6) is 0 Å². The molecule has 10 heteroatoms. The van der Waals surface area contributed by atoms with E-state index in [4.69, 9.17) is 74.4 Å². The molecule has 4 nitrogen and oxygen atoms in total. The fourth-order valence-electron chi connectivity index (χ4n) is 3.15. The van der Waals surface area contributed by atoms with Gasteiger partial charge >= 0.3 is 0 Å². The fraction of sp³-hybridized carbons (Fsp3) is 0.600. The number of nitrogens with zero attached hydrogens (tertiary/aromatic N) is 1. The quantitative estimate of drug-likeness (QED) is 0.503. The summed E-state index contributed by atoms with van der Waals surface area (Å²) in [4.78, 5) is 25.8. The highest BCUT2D eigenvalue weighted by Gasteiger charge is 2.87. The van der Waals surface area contributed by atoms with Gasteiger partial charge in [0.15, 0.2) is 4.33 Å². The van der Waals surface area contributed by atoms with Crippen LogP contribution in [0.2, 0.25) is 0 Å². The first-order valence-corrected chi connectivity index (χ1v) is 7.59. The van der Waals surface area contributed by atoms with Crippen molar-refractivity contribution in [1.29, 1.82) is 0 Å². The smallest absolute Gasteiger partial charge is 0.259 e. The monoisotopic (exact) mass is 397 g/mol. The van der Waals surface area contributed by atoms with E-state index in [9.17, 15) is 9.59 Å². The lowest BCUT2D eigenvalue weighted by atomic mass is 9.84. The first kappa shape index (κ1) is 15.5. The van der Waals surface area contributed by atoms with Crippen molar-refractivity contribution in [3.63, 3.8) is 0 Å². The zero-order valence-corrected chi connectivity index (χ0v) is 14.1. The molecule has 20 heavy (non-hydrogen) atoms. The Morgan fingerprint density at radius 1 is 0.950 bits per heavy atom. The van der Waals surface area contributed by atoms with Crippen molar-refractivity contribution >= 4 is 81.4 Å². The minimum absolute atomic E-state index is 0.124. The molecule has 2 bridgehead atoms. The summed E-state index contributed by atoms with van der Waals surface area (Å²) in [5, 5.41) is 0.328. The molecule has 0 radical (unpaired) electrons. The molecule has 4 unspecified atom stereocenters. The Bertz CT molecular complexity index is 546. The first-order valence-electron chi connectivity index (χ1n) is 5.32. The van der Waals surface area contributed by atoms with E-state index >= 15 is 0 Å². The van der Waals surface area contributed by atoms with Crippen LogP contribution < -0.4 is 0 Å². The number of imide groups is 1. The van der Waals surface area contributed by atoms with Gasteiger partial charge in [-0.2, -0.15) is 5.06 Å². The number of hydroxylamine groups is 2. The highest BCUT2D eigenvalue weighted by molar-refractivity contribution is 6.66. The second kappa shape index (κ2) is 4.10. The zero-order valence-electron chi connectivity index (χ0n) is 9.59. The van der Waals surface area contributed by atoms with Gasteiger partial charge in [-0.05, 0) is 0 Å². The summed E-state index contributed by atoms with van der Waals surface area (Å²) in [7, 11) is 1.17. The van der Waals surface area contributed by atoms with Crippen molar-refractivity contribution < 1.29 is 14.4 Å². The number of rotatable bonds is 1. The Morgan fingerprint density at radius 3 is 1.60 bits per heavy atom. The van der Waals surface area contributed by atoms with Crippen molar-refractivity contribution in [3.05, 3.63) is 10.1 Å². The molecule has 0 aromatic carbocycles. The Labute approximate surface area is 143 Å². The predicted octanol–water partition coefficient (Wildman–Crippen LogP) is 2.99. The van der Waals surface area contributed by atoms with E-state index in [1.165, 1.54) is 7.11 Å². The van der Waals surface area contributed by atoms with Crippen LogP contribution in [0, 0.1) is 11.8 Å². The zero-order chi connectivity index (χ0) is 15.2. The van der Waals surface area contributed by atoms with Crippen LogP contribution in [0.4, 0.5) is 0 Å². The number of hydrogen-bond acceptors (Lipinski definition) is 3. The van der Waals surface area contributed by atoms with Gasteiger partial charge in [-0.1, -0.05) is 46.4 Å². The second-order valence-corrected chi connectivity index (χ2v) is 8.01. The van der Waals surface area contributed by atoms with E-state index in [1.807, 2.05) is 0 Å². The molecule has 110 valence electrons. The summed E-state index contributed by atoms with van der Waals surface area (Å²) >= 11 is 37.5. The molecule has 2 fully saturated rings. The van der Waals surface area contributed by atoms with E-state index < -0.39 is 37.7 Å². The summed E-state index contributed by atoms with van der Waals surface area (Å²) < 4.78 is -1.90. The molecule has 0 N–H and O–H groups in total. The summed E-state index contributed by atoms with van der Waals surface area (Å²) in [6, 6.07) is 0. The number of alkyl halides is 4. The minimum atomic E-state index is -1.90.